The number of carboxylic acids is 1. The van der Waals surface area contributed by atoms with E-state index in [9.17, 15) is 4.79 Å². The lowest BCUT2D eigenvalue weighted by molar-refractivity contribution is -0.137. The zero-order valence-corrected chi connectivity index (χ0v) is 10.1. The van der Waals surface area contributed by atoms with Gasteiger partial charge in [-0.05, 0) is 30.9 Å². The molecule has 1 aliphatic rings. The maximum Gasteiger partial charge on any atom is 0.303 e. The van der Waals surface area contributed by atoms with Crippen LogP contribution in [0.25, 0.3) is 0 Å². The van der Waals surface area contributed by atoms with Crippen molar-refractivity contribution in [2.45, 2.75) is 44.6 Å². The summed E-state index contributed by atoms with van der Waals surface area (Å²) >= 11 is 0. The van der Waals surface area contributed by atoms with Crippen LogP contribution in [0.15, 0.2) is 16.5 Å². The topological polar surface area (TPSA) is 76.5 Å². The summed E-state index contributed by atoms with van der Waals surface area (Å²) in [5.74, 6) is 2.44. The lowest BCUT2D eigenvalue weighted by Crippen LogP contribution is -2.23. The van der Waals surface area contributed by atoms with Crippen LogP contribution in [-0.2, 0) is 11.2 Å². The van der Waals surface area contributed by atoms with E-state index in [1.165, 1.54) is 6.42 Å². The molecule has 94 valence electrons. The summed E-state index contributed by atoms with van der Waals surface area (Å²) in [5.41, 5.74) is 5.86. The van der Waals surface area contributed by atoms with E-state index in [-0.39, 0.29) is 12.5 Å². The van der Waals surface area contributed by atoms with Crippen molar-refractivity contribution in [3.63, 3.8) is 0 Å². The Hall–Kier alpha value is -1.29. The third kappa shape index (κ3) is 3.33. The predicted octanol–water partition coefficient (Wildman–Crippen LogP) is 2.14. The van der Waals surface area contributed by atoms with Gasteiger partial charge in [0.25, 0.3) is 0 Å². The summed E-state index contributed by atoms with van der Waals surface area (Å²) < 4.78 is 5.73. The van der Waals surface area contributed by atoms with Gasteiger partial charge in [-0.3, -0.25) is 4.79 Å². The van der Waals surface area contributed by atoms with E-state index in [4.69, 9.17) is 15.3 Å². The average Bonchev–Trinajstić information content (AvgIpc) is 2.81. The third-order valence-electron chi connectivity index (χ3n) is 3.35. The molecule has 0 saturated heterocycles. The SMILES string of the molecule is CC1CC1c1ccc(CC(N)CCC(=O)O)o1. The van der Waals surface area contributed by atoms with Gasteiger partial charge in [0.1, 0.15) is 11.5 Å². The van der Waals surface area contributed by atoms with Gasteiger partial charge in [-0.1, -0.05) is 6.92 Å². The van der Waals surface area contributed by atoms with E-state index < -0.39 is 5.97 Å². The number of furan rings is 1. The number of carbonyl (C=O) groups is 1. The van der Waals surface area contributed by atoms with E-state index in [0.29, 0.717) is 18.8 Å². The molecule has 1 aromatic heterocycles. The van der Waals surface area contributed by atoms with Gasteiger partial charge in [0.15, 0.2) is 0 Å². The minimum absolute atomic E-state index is 0.119. The smallest absolute Gasteiger partial charge is 0.303 e. The Kier molecular flexibility index (Phi) is 3.52. The minimum Gasteiger partial charge on any atom is -0.481 e. The Morgan fingerprint density at radius 2 is 2.35 bits per heavy atom. The summed E-state index contributed by atoms with van der Waals surface area (Å²) in [4.78, 5) is 10.4. The zero-order chi connectivity index (χ0) is 12.4. The van der Waals surface area contributed by atoms with Gasteiger partial charge in [-0.2, -0.15) is 0 Å². The van der Waals surface area contributed by atoms with Crippen molar-refractivity contribution in [1.29, 1.82) is 0 Å². The van der Waals surface area contributed by atoms with Gasteiger partial charge in [-0.15, -0.1) is 0 Å². The molecule has 0 aromatic carbocycles. The largest absolute Gasteiger partial charge is 0.481 e. The van der Waals surface area contributed by atoms with Crippen molar-refractivity contribution < 1.29 is 14.3 Å². The van der Waals surface area contributed by atoms with Gasteiger partial charge in [0, 0.05) is 24.8 Å². The van der Waals surface area contributed by atoms with Crippen molar-refractivity contribution in [3.8, 4) is 0 Å². The Morgan fingerprint density at radius 1 is 1.65 bits per heavy atom. The first-order chi connectivity index (χ1) is 8.06. The summed E-state index contributed by atoms with van der Waals surface area (Å²) in [5, 5.41) is 8.56. The molecule has 1 saturated carbocycles. The highest BCUT2D eigenvalue weighted by Crippen LogP contribution is 2.47. The lowest BCUT2D eigenvalue weighted by atomic mass is 10.1. The fraction of sp³-hybridized carbons (Fsp3) is 0.615. The molecule has 4 nitrogen and oxygen atoms in total. The normalized spacial score (nSPS) is 24.6. The number of hydrogen-bond donors (Lipinski definition) is 2. The van der Waals surface area contributed by atoms with Crippen LogP contribution in [0.3, 0.4) is 0 Å². The van der Waals surface area contributed by atoms with Crippen LogP contribution >= 0.6 is 0 Å². The van der Waals surface area contributed by atoms with E-state index in [1.807, 2.05) is 12.1 Å². The van der Waals surface area contributed by atoms with Crippen molar-refractivity contribution in [3.05, 3.63) is 23.7 Å². The Labute approximate surface area is 101 Å². The first-order valence-electron chi connectivity index (χ1n) is 6.12. The van der Waals surface area contributed by atoms with Crippen molar-refractivity contribution in [1.82, 2.24) is 0 Å². The summed E-state index contributed by atoms with van der Waals surface area (Å²) in [7, 11) is 0. The van der Waals surface area contributed by atoms with Gasteiger partial charge in [-0.25, -0.2) is 0 Å². The Morgan fingerprint density at radius 3 is 2.94 bits per heavy atom. The first-order valence-corrected chi connectivity index (χ1v) is 6.12. The van der Waals surface area contributed by atoms with Crippen LogP contribution < -0.4 is 5.73 Å². The molecular formula is C13H19NO3. The number of carboxylic acid groups (broad SMARTS) is 1. The molecule has 0 bridgehead atoms. The fourth-order valence-electron chi connectivity index (χ4n) is 2.09. The molecule has 0 amide bonds. The summed E-state index contributed by atoms with van der Waals surface area (Å²) in [6.45, 7) is 2.21. The molecule has 2 rings (SSSR count). The second-order valence-electron chi connectivity index (χ2n) is 5.02. The molecule has 1 fully saturated rings. The zero-order valence-electron chi connectivity index (χ0n) is 10.1. The molecule has 0 spiro atoms. The summed E-state index contributed by atoms with van der Waals surface area (Å²) in [6, 6.07) is 3.84. The van der Waals surface area contributed by atoms with Gasteiger partial charge in [0.05, 0.1) is 0 Å². The predicted molar refractivity (Wildman–Crippen MR) is 63.8 cm³/mol. The Balaban J connectivity index is 1.82. The van der Waals surface area contributed by atoms with Crippen LogP contribution in [0.4, 0.5) is 0 Å². The molecule has 0 radical (unpaired) electrons. The number of rotatable bonds is 6. The second-order valence-corrected chi connectivity index (χ2v) is 5.02. The highest BCUT2D eigenvalue weighted by Gasteiger charge is 2.36. The van der Waals surface area contributed by atoms with Crippen LogP contribution in [0.1, 0.15) is 43.6 Å². The molecule has 1 aromatic rings. The van der Waals surface area contributed by atoms with Crippen LogP contribution in [0.5, 0.6) is 0 Å². The second kappa shape index (κ2) is 4.92. The van der Waals surface area contributed by atoms with Crippen LogP contribution in [0.2, 0.25) is 0 Å². The van der Waals surface area contributed by atoms with E-state index in [0.717, 1.165) is 17.4 Å². The number of nitrogens with two attached hydrogens (primary N) is 1. The van der Waals surface area contributed by atoms with Crippen molar-refractivity contribution in [2.75, 3.05) is 0 Å². The van der Waals surface area contributed by atoms with Crippen LogP contribution in [-0.4, -0.2) is 17.1 Å². The Bertz CT molecular complexity index is 399. The molecular weight excluding hydrogens is 218 g/mol. The maximum atomic E-state index is 10.4. The molecule has 4 heteroatoms. The molecule has 0 aliphatic heterocycles. The number of hydrogen-bond acceptors (Lipinski definition) is 3. The third-order valence-corrected chi connectivity index (χ3v) is 3.35. The highest BCUT2D eigenvalue weighted by atomic mass is 16.4. The van der Waals surface area contributed by atoms with Crippen molar-refractivity contribution >= 4 is 5.97 Å². The minimum atomic E-state index is -0.799. The van der Waals surface area contributed by atoms with Gasteiger partial charge < -0.3 is 15.3 Å². The van der Waals surface area contributed by atoms with Crippen LogP contribution in [0, 0.1) is 5.92 Å². The quantitative estimate of drug-likeness (QED) is 0.794. The molecule has 3 N–H and O–H groups in total. The number of aliphatic carboxylic acids is 1. The molecule has 1 heterocycles. The van der Waals surface area contributed by atoms with E-state index in [1.54, 1.807) is 0 Å². The average molecular weight is 237 g/mol. The highest BCUT2D eigenvalue weighted by molar-refractivity contribution is 5.66. The lowest BCUT2D eigenvalue weighted by Gasteiger charge is -2.07. The molecule has 3 unspecified atom stereocenters. The van der Waals surface area contributed by atoms with Gasteiger partial charge >= 0.3 is 5.97 Å². The standard InChI is InChI=1S/C13H19NO3/c1-8-6-11(8)12-4-3-10(17-12)7-9(14)2-5-13(15)16/h3-4,8-9,11H,2,5-7,14H2,1H3,(H,15,16). The van der Waals surface area contributed by atoms with E-state index in [2.05, 4.69) is 6.92 Å². The monoisotopic (exact) mass is 237 g/mol. The summed E-state index contributed by atoms with van der Waals surface area (Å²) in [6.07, 6.45) is 2.44. The van der Waals surface area contributed by atoms with E-state index >= 15 is 0 Å². The molecule has 3 atom stereocenters. The fourth-order valence-corrected chi connectivity index (χ4v) is 2.09. The molecule has 1 aliphatic carbocycles. The van der Waals surface area contributed by atoms with Gasteiger partial charge in [0.2, 0.25) is 0 Å². The van der Waals surface area contributed by atoms with Crippen molar-refractivity contribution in [2.24, 2.45) is 11.7 Å². The molecule has 17 heavy (non-hydrogen) atoms. The maximum absolute atomic E-state index is 10.4. The first kappa shape index (κ1) is 12.2.